The molecular formula is C16H19Cl2N3O2. The molecule has 1 aliphatic rings. The summed E-state index contributed by atoms with van der Waals surface area (Å²) in [6, 6.07) is 5.26. The lowest BCUT2D eigenvalue weighted by atomic mass is 9.95. The van der Waals surface area contributed by atoms with Crippen LogP contribution in [0.25, 0.3) is 0 Å². The molecule has 0 aromatic heterocycles. The van der Waals surface area contributed by atoms with E-state index in [2.05, 4.69) is 15.8 Å². The maximum Gasteiger partial charge on any atom is 0.249 e. The van der Waals surface area contributed by atoms with Crippen LogP contribution >= 0.6 is 23.2 Å². The van der Waals surface area contributed by atoms with Gasteiger partial charge in [-0.15, -0.1) is 0 Å². The monoisotopic (exact) mass is 355 g/mol. The van der Waals surface area contributed by atoms with E-state index in [1.807, 2.05) is 0 Å². The van der Waals surface area contributed by atoms with Gasteiger partial charge in [0.2, 0.25) is 11.8 Å². The predicted octanol–water partition coefficient (Wildman–Crippen LogP) is 3.28. The molecule has 5 nitrogen and oxygen atoms in total. The highest BCUT2D eigenvalue weighted by atomic mass is 35.5. The van der Waals surface area contributed by atoms with Gasteiger partial charge in [-0.3, -0.25) is 9.59 Å². The summed E-state index contributed by atoms with van der Waals surface area (Å²) in [7, 11) is 0. The quantitative estimate of drug-likeness (QED) is 0.483. The molecule has 1 fully saturated rings. The van der Waals surface area contributed by atoms with E-state index in [0.717, 1.165) is 25.7 Å². The summed E-state index contributed by atoms with van der Waals surface area (Å²) < 4.78 is 0. The van der Waals surface area contributed by atoms with Crippen molar-refractivity contribution >= 4 is 41.2 Å². The maximum atomic E-state index is 11.8. The van der Waals surface area contributed by atoms with Gasteiger partial charge in [0.1, 0.15) is 6.42 Å². The van der Waals surface area contributed by atoms with Crippen LogP contribution < -0.4 is 10.7 Å². The molecule has 1 aliphatic carbocycles. The molecule has 1 saturated carbocycles. The number of nitrogens with one attached hydrogen (secondary N) is 2. The summed E-state index contributed by atoms with van der Waals surface area (Å²) in [4.78, 5) is 23.5. The normalized spacial score (nSPS) is 15.6. The van der Waals surface area contributed by atoms with Gasteiger partial charge in [-0.05, 0) is 25.0 Å². The highest BCUT2D eigenvalue weighted by molar-refractivity contribution is 6.38. The Morgan fingerprint density at radius 2 is 1.78 bits per heavy atom. The summed E-state index contributed by atoms with van der Waals surface area (Å²) in [6.07, 6.45) is 6.55. The third-order valence-electron chi connectivity index (χ3n) is 3.67. The lowest BCUT2D eigenvalue weighted by Gasteiger charge is -2.22. The second-order valence-corrected chi connectivity index (χ2v) is 6.32. The van der Waals surface area contributed by atoms with Crippen LogP contribution in [0.3, 0.4) is 0 Å². The first-order chi connectivity index (χ1) is 11.1. The van der Waals surface area contributed by atoms with Crippen molar-refractivity contribution < 1.29 is 9.59 Å². The minimum absolute atomic E-state index is 0.189. The maximum absolute atomic E-state index is 11.8. The number of hydrogen-bond donors (Lipinski definition) is 2. The van der Waals surface area contributed by atoms with Crippen molar-refractivity contribution in [1.29, 1.82) is 0 Å². The molecule has 0 saturated heterocycles. The zero-order chi connectivity index (χ0) is 16.7. The summed E-state index contributed by atoms with van der Waals surface area (Å²) >= 11 is 12.0. The smallest absolute Gasteiger partial charge is 0.249 e. The number of amides is 2. The van der Waals surface area contributed by atoms with E-state index in [1.54, 1.807) is 18.2 Å². The van der Waals surface area contributed by atoms with Gasteiger partial charge in [0.25, 0.3) is 0 Å². The van der Waals surface area contributed by atoms with Crippen LogP contribution in [-0.2, 0) is 9.59 Å². The van der Waals surface area contributed by atoms with Crippen LogP contribution in [0.1, 0.15) is 44.1 Å². The Balaban J connectivity index is 1.78. The molecule has 124 valence electrons. The van der Waals surface area contributed by atoms with E-state index in [4.69, 9.17) is 23.2 Å². The summed E-state index contributed by atoms with van der Waals surface area (Å²) in [5, 5.41) is 7.54. The first kappa shape index (κ1) is 17.8. The van der Waals surface area contributed by atoms with E-state index < -0.39 is 5.91 Å². The van der Waals surface area contributed by atoms with Crippen LogP contribution in [0.4, 0.5) is 0 Å². The topological polar surface area (TPSA) is 70.6 Å². The largest absolute Gasteiger partial charge is 0.353 e. The minimum Gasteiger partial charge on any atom is -0.353 e. The molecule has 0 atom stereocenters. The second-order valence-electron chi connectivity index (χ2n) is 5.51. The van der Waals surface area contributed by atoms with Gasteiger partial charge in [-0.2, -0.15) is 5.10 Å². The molecule has 2 N–H and O–H groups in total. The standard InChI is InChI=1S/C16H19Cl2N3O2/c17-13-7-4-8-14(18)12(13)10-19-21-16(23)9-15(22)20-11-5-2-1-3-6-11/h4,7-8,10-11H,1-3,5-6,9H2,(H,20,22)(H,21,23)/b19-10+. The molecule has 0 bridgehead atoms. The molecular weight excluding hydrogens is 337 g/mol. The van der Waals surface area contributed by atoms with E-state index in [-0.39, 0.29) is 18.4 Å². The van der Waals surface area contributed by atoms with Gasteiger partial charge in [0.15, 0.2) is 0 Å². The summed E-state index contributed by atoms with van der Waals surface area (Å²) in [5.74, 6) is -0.752. The zero-order valence-corrected chi connectivity index (χ0v) is 14.2. The number of hydrogen-bond acceptors (Lipinski definition) is 3. The van der Waals surface area contributed by atoms with Crippen LogP contribution in [0.15, 0.2) is 23.3 Å². The van der Waals surface area contributed by atoms with Gasteiger partial charge in [-0.1, -0.05) is 48.5 Å². The number of rotatable bonds is 5. The molecule has 7 heteroatoms. The van der Waals surface area contributed by atoms with Crippen LogP contribution in [0.2, 0.25) is 10.0 Å². The number of nitrogens with zero attached hydrogens (tertiary/aromatic N) is 1. The number of benzene rings is 1. The highest BCUT2D eigenvalue weighted by Gasteiger charge is 2.17. The molecule has 23 heavy (non-hydrogen) atoms. The second kappa shape index (κ2) is 8.89. The number of hydrazone groups is 1. The zero-order valence-electron chi connectivity index (χ0n) is 12.6. The van der Waals surface area contributed by atoms with Gasteiger partial charge < -0.3 is 5.32 Å². The molecule has 0 aliphatic heterocycles. The molecule has 1 aromatic carbocycles. The van der Waals surface area contributed by atoms with E-state index in [1.165, 1.54) is 12.6 Å². The SMILES string of the molecule is O=C(CC(=O)NC1CCCCC1)N/N=C/c1c(Cl)cccc1Cl. The van der Waals surface area contributed by atoms with Crippen molar-refractivity contribution in [3.05, 3.63) is 33.8 Å². The van der Waals surface area contributed by atoms with E-state index >= 15 is 0 Å². The van der Waals surface area contributed by atoms with Gasteiger partial charge >= 0.3 is 0 Å². The van der Waals surface area contributed by atoms with Gasteiger partial charge in [0.05, 0.1) is 16.3 Å². The van der Waals surface area contributed by atoms with Crippen LogP contribution in [0, 0.1) is 0 Å². The Hall–Kier alpha value is -1.59. The first-order valence-electron chi connectivity index (χ1n) is 7.61. The van der Waals surface area contributed by atoms with Gasteiger partial charge in [-0.25, -0.2) is 5.43 Å². The Kier molecular flexibility index (Phi) is 6.86. The van der Waals surface area contributed by atoms with Crippen molar-refractivity contribution in [2.24, 2.45) is 5.10 Å². The van der Waals surface area contributed by atoms with Crippen molar-refractivity contribution in [2.45, 2.75) is 44.6 Å². The molecule has 2 rings (SSSR count). The van der Waals surface area contributed by atoms with E-state index in [0.29, 0.717) is 15.6 Å². The van der Waals surface area contributed by atoms with Crippen molar-refractivity contribution in [2.75, 3.05) is 0 Å². The third-order valence-corrected chi connectivity index (χ3v) is 4.33. The Morgan fingerprint density at radius 1 is 1.13 bits per heavy atom. The van der Waals surface area contributed by atoms with Crippen LogP contribution in [-0.4, -0.2) is 24.1 Å². The summed E-state index contributed by atoms with van der Waals surface area (Å²) in [5.41, 5.74) is 2.82. The molecule has 0 radical (unpaired) electrons. The molecule has 2 amide bonds. The Labute approximate surface area is 145 Å². The third kappa shape index (κ3) is 5.84. The Bertz CT molecular complexity index is 579. The lowest BCUT2D eigenvalue weighted by molar-refractivity contribution is -0.129. The number of carbonyl (C=O) groups is 2. The first-order valence-corrected chi connectivity index (χ1v) is 8.37. The molecule has 0 spiro atoms. The minimum atomic E-state index is -0.474. The fourth-order valence-electron chi connectivity index (χ4n) is 2.51. The fraction of sp³-hybridized carbons (Fsp3) is 0.438. The van der Waals surface area contributed by atoms with Crippen molar-refractivity contribution in [3.8, 4) is 0 Å². The van der Waals surface area contributed by atoms with Gasteiger partial charge in [0, 0.05) is 11.6 Å². The average molecular weight is 356 g/mol. The molecule has 1 aromatic rings. The molecule has 0 unspecified atom stereocenters. The van der Waals surface area contributed by atoms with E-state index in [9.17, 15) is 9.59 Å². The predicted molar refractivity (Wildman–Crippen MR) is 91.8 cm³/mol. The Morgan fingerprint density at radius 3 is 2.43 bits per heavy atom. The fourth-order valence-corrected chi connectivity index (χ4v) is 3.01. The molecule has 0 heterocycles. The van der Waals surface area contributed by atoms with Crippen molar-refractivity contribution in [1.82, 2.24) is 10.7 Å². The van der Waals surface area contributed by atoms with Crippen LogP contribution in [0.5, 0.6) is 0 Å². The lowest BCUT2D eigenvalue weighted by Crippen LogP contribution is -2.38. The number of halogens is 2. The number of carbonyl (C=O) groups excluding carboxylic acids is 2. The highest BCUT2D eigenvalue weighted by Crippen LogP contribution is 2.22. The average Bonchev–Trinajstić information content (AvgIpc) is 2.51. The summed E-state index contributed by atoms with van der Waals surface area (Å²) in [6.45, 7) is 0. The van der Waals surface area contributed by atoms with Crippen molar-refractivity contribution in [3.63, 3.8) is 0 Å².